The van der Waals surface area contributed by atoms with Gasteiger partial charge >= 0.3 is 0 Å². The zero-order valence-corrected chi connectivity index (χ0v) is 17.1. The zero-order valence-electron chi connectivity index (χ0n) is 17.1. The van der Waals surface area contributed by atoms with Crippen LogP contribution in [0.1, 0.15) is 33.9 Å². The van der Waals surface area contributed by atoms with Crippen LogP contribution in [0.15, 0.2) is 42.5 Å². The van der Waals surface area contributed by atoms with Crippen LogP contribution in [-0.4, -0.2) is 7.11 Å². The van der Waals surface area contributed by atoms with Crippen molar-refractivity contribution in [2.24, 2.45) is 5.90 Å². The lowest BCUT2D eigenvalue weighted by Crippen LogP contribution is -2.18. The maximum atomic E-state index is 14.9. The first-order chi connectivity index (χ1) is 14.8. The van der Waals surface area contributed by atoms with Crippen molar-refractivity contribution in [1.29, 1.82) is 0 Å². The van der Waals surface area contributed by atoms with Crippen LogP contribution >= 0.6 is 0 Å². The molecule has 0 aliphatic heterocycles. The van der Waals surface area contributed by atoms with Gasteiger partial charge in [0.25, 0.3) is 0 Å². The van der Waals surface area contributed by atoms with Gasteiger partial charge in [0.05, 0.1) is 12.7 Å². The third kappa shape index (κ3) is 4.50. The first kappa shape index (κ1) is 22.6. The highest BCUT2D eigenvalue weighted by atomic mass is 19.2. The number of hydrogen-bond donors (Lipinski definition) is 1. The predicted molar refractivity (Wildman–Crippen MR) is 107 cm³/mol. The number of ether oxygens (including phenoxy) is 2. The van der Waals surface area contributed by atoms with Crippen molar-refractivity contribution >= 4 is 0 Å². The molecule has 0 aromatic heterocycles. The Bertz CT molecular complexity index is 1060. The van der Waals surface area contributed by atoms with E-state index < -0.39 is 40.7 Å². The maximum Gasteiger partial charge on any atom is 0.204 e. The summed E-state index contributed by atoms with van der Waals surface area (Å²) in [5, 5.41) is 0. The molecule has 0 aliphatic carbocycles. The molecule has 31 heavy (non-hydrogen) atoms. The van der Waals surface area contributed by atoms with E-state index in [1.54, 1.807) is 37.3 Å². The fourth-order valence-corrected chi connectivity index (χ4v) is 3.19. The topological polar surface area (TPSA) is 53.7 Å². The minimum Gasteiger partial charge on any atom is -0.497 e. The van der Waals surface area contributed by atoms with Crippen molar-refractivity contribution in [1.82, 2.24) is 0 Å². The SMILES string of the molecule is COc1ccc(C(ON)c2c(F)c(F)c(OCc3ccc(C)cc3)c(F)c2F)c(C)c1. The van der Waals surface area contributed by atoms with Crippen LogP contribution < -0.4 is 15.4 Å². The lowest BCUT2D eigenvalue weighted by atomic mass is 9.95. The summed E-state index contributed by atoms with van der Waals surface area (Å²) < 4.78 is 69.2. The average molecular weight is 435 g/mol. The molecule has 1 atom stereocenters. The maximum absolute atomic E-state index is 14.9. The fraction of sp³-hybridized carbons (Fsp3) is 0.217. The highest BCUT2D eigenvalue weighted by molar-refractivity contribution is 5.44. The van der Waals surface area contributed by atoms with Crippen molar-refractivity contribution in [3.05, 3.63) is 93.6 Å². The molecule has 0 radical (unpaired) electrons. The van der Waals surface area contributed by atoms with Gasteiger partial charge in [0, 0.05) is 0 Å². The normalized spacial score (nSPS) is 12.0. The minimum atomic E-state index is -1.67. The first-order valence-electron chi connectivity index (χ1n) is 9.32. The molecular weight excluding hydrogens is 414 g/mol. The van der Waals surface area contributed by atoms with E-state index >= 15 is 0 Å². The number of nitrogens with two attached hydrogens (primary N) is 1. The van der Waals surface area contributed by atoms with Crippen LogP contribution in [0.5, 0.6) is 11.5 Å². The van der Waals surface area contributed by atoms with Crippen LogP contribution in [0, 0.1) is 37.1 Å². The van der Waals surface area contributed by atoms with Gasteiger partial charge < -0.3 is 9.47 Å². The summed E-state index contributed by atoms with van der Waals surface area (Å²) in [5.41, 5.74) is 1.27. The molecule has 8 heteroatoms. The Kier molecular flexibility index (Phi) is 6.82. The van der Waals surface area contributed by atoms with E-state index in [1.807, 2.05) is 6.92 Å². The third-order valence-corrected chi connectivity index (χ3v) is 4.92. The van der Waals surface area contributed by atoms with Gasteiger partial charge in [0.1, 0.15) is 18.5 Å². The van der Waals surface area contributed by atoms with E-state index in [1.165, 1.54) is 19.2 Å². The summed E-state index contributed by atoms with van der Waals surface area (Å²) in [4.78, 5) is 4.73. The van der Waals surface area contributed by atoms with E-state index in [-0.39, 0.29) is 12.2 Å². The van der Waals surface area contributed by atoms with E-state index in [0.717, 1.165) is 5.56 Å². The highest BCUT2D eigenvalue weighted by Crippen LogP contribution is 2.38. The predicted octanol–water partition coefficient (Wildman–Crippen LogP) is 5.43. The Morgan fingerprint density at radius 3 is 2.00 bits per heavy atom. The smallest absolute Gasteiger partial charge is 0.204 e. The molecule has 3 rings (SSSR count). The second kappa shape index (κ2) is 9.36. The number of aryl methyl sites for hydroxylation is 2. The molecule has 0 bridgehead atoms. The van der Waals surface area contributed by atoms with E-state index in [9.17, 15) is 17.6 Å². The number of halogens is 4. The van der Waals surface area contributed by atoms with Crippen molar-refractivity contribution in [3.8, 4) is 11.5 Å². The molecule has 1 unspecified atom stereocenters. The third-order valence-electron chi connectivity index (χ3n) is 4.92. The molecule has 164 valence electrons. The van der Waals surface area contributed by atoms with Crippen molar-refractivity contribution < 1.29 is 31.9 Å². The minimum absolute atomic E-state index is 0.216. The summed E-state index contributed by atoms with van der Waals surface area (Å²) in [6.07, 6.45) is -1.60. The van der Waals surface area contributed by atoms with E-state index in [2.05, 4.69) is 0 Å². The summed E-state index contributed by atoms with van der Waals surface area (Å²) in [6.45, 7) is 3.21. The van der Waals surface area contributed by atoms with Crippen LogP contribution in [0.2, 0.25) is 0 Å². The summed E-state index contributed by atoms with van der Waals surface area (Å²) >= 11 is 0. The van der Waals surface area contributed by atoms with Gasteiger partial charge in [-0.2, -0.15) is 8.78 Å². The fourth-order valence-electron chi connectivity index (χ4n) is 3.19. The Morgan fingerprint density at radius 1 is 0.871 bits per heavy atom. The average Bonchev–Trinajstić information content (AvgIpc) is 2.77. The zero-order chi connectivity index (χ0) is 22.7. The standard InChI is InChI=1S/C23H21F4NO3/c1-12-4-6-14(7-5-12)11-30-23-20(26)18(24)17(19(25)21(23)27)22(31-28)16-9-8-15(29-3)10-13(16)2/h4-10,22H,11,28H2,1-3H3. The summed E-state index contributed by atoms with van der Waals surface area (Å²) in [6, 6.07) is 11.4. The molecule has 3 aromatic rings. The Morgan fingerprint density at radius 2 is 1.48 bits per heavy atom. The van der Waals surface area contributed by atoms with E-state index in [4.69, 9.17) is 20.2 Å². The van der Waals surface area contributed by atoms with Crippen LogP contribution in [-0.2, 0) is 11.4 Å². The Labute approximate surface area is 177 Å². The second-order valence-electron chi connectivity index (χ2n) is 7.01. The Hall–Kier alpha value is -3.10. The molecule has 0 amide bonds. The number of methoxy groups -OCH3 is 1. The lowest BCUT2D eigenvalue weighted by Gasteiger charge is -2.21. The Balaban J connectivity index is 2.01. The molecular formula is C23H21F4NO3. The van der Waals surface area contributed by atoms with Crippen molar-refractivity contribution in [3.63, 3.8) is 0 Å². The van der Waals surface area contributed by atoms with Gasteiger partial charge in [-0.3, -0.25) is 4.84 Å². The summed E-state index contributed by atoms with van der Waals surface area (Å²) in [5.74, 6) is -2.05. The van der Waals surface area contributed by atoms with Gasteiger partial charge in [-0.15, -0.1) is 0 Å². The number of hydrogen-bond acceptors (Lipinski definition) is 4. The van der Waals surface area contributed by atoms with Crippen LogP contribution in [0.4, 0.5) is 17.6 Å². The molecule has 0 saturated heterocycles. The van der Waals surface area contributed by atoms with Gasteiger partial charge in [-0.25, -0.2) is 14.7 Å². The molecule has 4 nitrogen and oxygen atoms in total. The van der Waals surface area contributed by atoms with Gasteiger partial charge in [0.15, 0.2) is 17.4 Å². The van der Waals surface area contributed by atoms with Gasteiger partial charge in [0.2, 0.25) is 11.6 Å². The number of rotatable bonds is 7. The largest absolute Gasteiger partial charge is 0.497 e. The van der Waals surface area contributed by atoms with Crippen LogP contribution in [0.25, 0.3) is 0 Å². The molecule has 3 aromatic carbocycles. The quantitative estimate of drug-likeness (QED) is 0.306. The molecule has 0 spiro atoms. The van der Waals surface area contributed by atoms with Gasteiger partial charge in [-0.1, -0.05) is 35.9 Å². The summed E-state index contributed by atoms with van der Waals surface area (Å²) in [7, 11) is 1.45. The monoisotopic (exact) mass is 435 g/mol. The number of benzene rings is 3. The first-order valence-corrected chi connectivity index (χ1v) is 9.32. The van der Waals surface area contributed by atoms with Crippen molar-refractivity contribution in [2.75, 3.05) is 7.11 Å². The van der Waals surface area contributed by atoms with Crippen LogP contribution in [0.3, 0.4) is 0 Å². The molecule has 0 saturated carbocycles. The molecule has 2 N–H and O–H groups in total. The molecule has 0 aliphatic rings. The van der Waals surface area contributed by atoms with Crippen molar-refractivity contribution in [2.45, 2.75) is 26.6 Å². The van der Waals surface area contributed by atoms with Gasteiger partial charge in [-0.05, 0) is 42.7 Å². The lowest BCUT2D eigenvalue weighted by molar-refractivity contribution is 0.0738. The molecule has 0 heterocycles. The second-order valence-corrected chi connectivity index (χ2v) is 7.01. The van der Waals surface area contributed by atoms with E-state index in [0.29, 0.717) is 16.9 Å². The highest BCUT2D eigenvalue weighted by Gasteiger charge is 2.33. The molecule has 0 fully saturated rings.